The Balaban J connectivity index is 2.02. The fourth-order valence-electron chi connectivity index (χ4n) is 3.75. The van der Waals surface area contributed by atoms with E-state index in [1.54, 1.807) is 55.5 Å². The Morgan fingerprint density at radius 2 is 1.44 bits per heavy atom. The number of nitrogens with zero attached hydrogens (tertiary/aromatic N) is 2. The molecule has 0 aliphatic carbocycles. The van der Waals surface area contributed by atoms with Crippen molar-refractivity contribution in [2.45, 2.75) is 38.3 Å². The molecule has 0 fully saturated rings. The van der Waals surface area contributed by atoms with Gasteiger partial charge in [-0.25, -0.2) is 8.42 Å². The molecule has 0 aliphatic heterocycles. The van der Waals surface area contributed by atoms with Crippen LogP contribution in [0, 0.1) is 5.92 Å². The van der Waals surface area contributed by atoms with Gasteiger partial charge in [-0.2, -0.15) is 0 Å². The van der Waals surface area contributed by atoms with Gasteiger partial charge in [0.15, 0.2) is 0 Å². The van der Waals surface area contributed by atoms with Crippen molar-refractivity contribution < 1.29 is 18.0 Å². The van der Waals surface area contributed by atoms with Crippen LogP contribution in [-0.2, 0) is 26.2 Å². The van der Waals surface area contributed by atoms with E-state index in [4.69, 9.17) is 34.8 Å². The molecule has 3 aromatic rings. The zero-order valence-electron chi connectivity index (χ0n) is 21.8. The lowest BCUT2D eigenvalue weighted by Gasteiger charge is -2.32. The van der Waals surface area contributed by atoms with E-state index in [-0.39, 0.29) is 29.0 Å². The monoisotopic (exact) mass is 609 g/mol. The van der Waals surface area contributed by atoms with Crippen molar-refractivity contribution in [1.82, 2.24) is 10.2 Å². The molecular weight excluding hydrogens is 581 g/mol. The van der Waals surface area contributed by atoms with E-state index < -0.39 is 28.5 Å². The Hall–Kier alpha value is -2.78. The molecule has 2 amide bonds. The number of carbonyl (C=O) groups is 2. The van der Waals surface area contributed by atoms with Gasteiger partial charge in [-0.3, -0.25) is 13.9 Å². The molecule has 0 bridgehead atoms. The lowest BCUT2D eigenvalue weighted by molar-refractivity contribution is -0.139. The second kappa shape index (κ2) is 13.5. The minimum Gasteiger partial charge on any atom is -0.354 e. The molecular formula is C28H30Cl3N3O4S. The fourth-order valence-corrected chi connectivity index (χ4v) is 5.80. The summed E-state index contributed by atoms with van der Waals surface area (Å²) in [5.41, 5.74) is 0.734. The SMILES string of the molecule is CC(C)CNC(=O)C(C)N(Cc1c(Cl)cccc1Cl)C(=O)CN(c1ccccc1)S(=O)(=O)c1ccc(Cl)cc1. The van der Waals surface area contributed by atoms with Crippen molar-refractivity contribution in [2.75, 3.05) is 17.4 Å². The number of amides is 2. The van der Waals surface area contributed by atoms with Crippen molar-refractivity contribution >= 4 is 62.3 Å². The first-order chi connectivity index (χ1) is 18.4. The predicted molar refractivity (Wildman–Crippen MR) is 157 cm³/mol. The van der Waals surface area contributed by atoms with E-state index in [1.165, 1.54) is 29.2 Å². The number of sulfonamides is 1. The van der Waals surface area contributed by atoms with Crippen LogP contribution in [0.15, 0.2) is 77.7 Å². The topological polar surface area (TPSA) is 86.8 Å². The Bertz CT molecular complexity index is 1380. The van der Waals surface area contributed by atoms with Crippen LogP contribution in [0.1, 0.15) is 26.3 Å². The van der Waals surface area contributed by atoms with Crippen LogP contribution in [0.5, 0.6) is 0 Å². The molecule has 3 aromatic carbocycles. The molecule has 3 rings (SSSR count). The number of para-hydroxylation sites is 1. The van der Waals surface area contributed by atoms with Crippen LogP contribution in [0.4, 0.5) is 5.69 Å². The molecule has 0 radical (unpaired) electrons. The van der Waals surface area contributed by atoms with E-state index in [0.29, 0.717) is 27.2 Å². The molecule has 1 unspecified atom stereocenters. The van der Waals surface area contributed by atoms with Crippen LogP contribution in [0.3, 0.4) is 0 Å². The van der Waals surface area contributed by atoms with Gasteiger partial charge >= 0.3 is 0 Å². The Morgan fingerprint density at radius 3 is 2.00 bits per heavy atom. The summed E-state index contributed by atoms with van der Waals surface area (Å²) in [6, 6.07) is 18.0. The van der Waals surface area contributed by atoms with Gasteiger partial charge in [0.25, 0.3) is 10.0 Å². The van der Waals surface area contributed by atoms with Gasteiger partial charge in [-0.15, -0.1) is 0 Å². The summed E-state index contributed by atoms with van der Waals surface area (Å²) in [6.07, 6.45) is 0. The van der Waals surface area contributed by atoms with Crippen molar-refractivity contribution in [3.05, 3.63) is 93.4 Å². The molecule has 0 saturated carbocycles. The highest BCUT2D eigenvalue weighted by Gasteiger charge is 2.33. The van der Waals surface area contributed by atoms with E-state index in [1.807, 2.05) is 13.8 Å². The number of anilines is 1. The van der Waals surface area contributed by atoms with E-state index in [0.717, 1.165) is 4.31 Å². The fraction of sp³-hybridized carbons (Fsp3) is 0.286. The van der Waals surface area contributed by atoms with Gasteiger partial charge in [-0.05, 0) is 61.4 Å². The normalized spacial score (nSPS) is 12.2. The van der Waals surface area contributed by atoms with Crippen LogP contribution in [-0.4, -0.2) is 44.3 Å². The van der Waals surface area contributed by atoms with E-state index in [2.05, 4.69) is 5.32 Å². The maximum atomic E-state index is 13.9. The maximum Gasteiger partial charge on any atom is 0.264 e. The zero-order chi connectivity index (χ0) is 28.7. The van der Waals surface area contributed by atoms with Gasteiger partial charge in [-0.1, -0.05) is 72.9 Å². The zero-order valence-corrected chi connectivity index (χ0v) is 24.9. The van der Waals surface area contributed by atoms with Crippen LogP contribution >= 0.6 is 34.8 Å². The second-order valence-electron chi connectivity index (χ2n) is 9.34. The summed E-state index contributed by atoms with van der Waals surface area (Å²) < 4.78 is 28.5. The summed E-state index contributed by atoms with van der Waals surface area (Å²) in [6.45, 7) is 5.24. The lowest BCUT2D eigenvalue weighted by Crippen LogP contribution is -2.51. The van der Waals surface area contributed by atoms with E-state index in [9.17, 15) is 18.0 Å². The van der Waals surface area contributed by atoms with Crippen molar-refractivity contribution in [2.24, 2.45) is 5.92 Å². The summed E-state index contributed by atoms with van der Waals surface area (Å²) in [7, 11) is -4.18. The smallest absolute Gasteiger partial charge is 0.264 e. The highest BCUT2D eigenvalue weighted by atomic mass is 35.5. The average Bonchev–Trinajstić information content (AvgIpc) is 2.90. The first-order valence-corrected chi connectivity index (χ1v) is 14.8. The highest BCUT2D eigenvalue weighted by molar-refractivity contribution is 7.92. The van der Waals surface area contributed by atoms with Crippen molar-refractivity contribution in [1.29, 1.82) is 0 Å². The van der Waals surface area contributed by atoms with Crippen LogP contribution < -0.4 is 9.62 Å². The van der Waals surface area contributed by atoms with Crippen molar-refractivity contribution in [3.63, 3.8) is 0 Å². The van der Waals surface area contributed by atoms with Gasteiger partial charge < -0.3 is 10.2 Å². The van der Waals surface area contributed by atoms with Gasteiger partial charge in [0, 0.05) is 33.7 Å². The second-order valence-corrected chi connectivity index (χ2v) is 12.5. The number of benzene rings is 3. The summed E-state index contributed by atoms with van der Waals surface area (Å²) >= 11 is 18.8. The van der Waals surface area contributed by atoms with Gasteiger partial charge in [0.05, 0.1) is 10.6 Å². The third-order valence-electron chi connectivity index (χ3n) is 5.97. The molecule has 0 saturated heterocycles. The first kappa shape index (κ1) is 30.8. The number of hydrogen-bond acceptors (Lipinski definition) is 4. The predicted octanol–water partition coefficient (Wildman–Crippen LogP) is 6.03. The Labute approximate surface area is 244 Å². The molecule has 0 heterocycles. The van der Waals surface area contributed by atoms with E-state index >= 15 is 0 Å². The number of rotatable bonds is 11. The van der Waals surface area contributed by atoms with Gasteiger partial charge in [0.2, 0.25) is 11.8 Å². The molecule has 7 nitrogen and oxygen atoms in total. The quantitative estimate of drug-likeness (QED) is 0.287. The van der Waals surface area contributed by atoms with Crippen LogP contribution in [0.2, 0.25) is 15.1 Å². The largest absolute Gasteiger partial charge is 0.354 e. The molecule has 0 aliphatic rings. The first-order valence-electron chi connectivity index (χ1n) is 12.2. The molecule has 11 heteroatoms. The Kier molecular flexibility index (Phi) is 10.7. The standard InChI is InChI=1S/C28H30Cl3N3O4S/c1-19(2)16-32-28(36)20(3)33(17-24-25(30)10-7-11-26(24)31)27(35)18-34(22-8-5-4-6-9-22)39(37,38)23-14-12-21(29)13-15-23/h4-15,19-20H,16-18H2,1-3H3,(H,32,36). The highest BCUT2D eigenvalue weighted by Crippen LogP contribution is 2.28. The lowest BCUT2D eigenvalue weighted by atomic mass is 10.1. The number of halogens is 3. The third kappa shape index (κ3) is 7.88. The minimum absolute atomic E-state index is 0.0352. The molecule has 1 N–H and O–H groups in total. The number of carbonyl (C=O) groups excluding carboxylic acids is 2. The Morgan fingerprint density at radius 1 is 0.846 bits per heavy atom. The van der Waals surface area contributed by atoms with Crippen LogP contribution in [0.25, 0.3) is 0 Å². The molecule has 39 heavy (non-hydrogen) atoms. The third-order valence-corrected chi connectivity index (χ3v) is 8.71. The molecule has 208 valence electrons. The minimum atomic E-state index is -4.18. The summed E-state index contributed by atoms with van der Waals surface area (Å²) in [5.74, 6) is -0.798. The summed E-state index contributed by atoms with van der Waals surface area (Å²) in [5, 5.41) is 3.86. The van der Waals surface area contributed by atoms with Crippen molar-refractivity contribution in [3.8, 4) is 0 Å². The molecule has 0 aromatic heterocycles. The molecule has 1 atom stereocenters. The number of nitrogens with one attached hydrogen (secondary N) is 1. The average molecular weight is 611 g/mol. The number of hydrogen-bond donors (Lipinski definition) is 1. The summed E-state index contributed by atoms with van der Waals surface area (Å²) in [4.78, 5) is 28.2. The van der Waals surface area contributed by atoms with Gasteiger partial charge in [0.1, 0.15) is 12.6 Å². The molecule has 0 spiro atoms. The maximum absolute atomic E-state index is 13.9.